The molecule has 0 aliphatic heterocycles. The SMILES string of the molecule is O=[N+]([O-])c1sc2cc(F)ccc2c1Cl. The number of hydrogen-bond acceptors (Lipinski definition) is 3. The summed E-state index contributed by atoms with van der Waals surface area (Å²) >= 11 is 6.63. The molecule has 0 aliphatic rings. The van der Waals surface area contributed by atoms with Crippen molar-refractivity contribution in [3.05, 3.63) is 39.2 Å². The first-order valence-corrected chi connectivity index (χ1v) is 4.81. The molecule has 1 aromatic carbocycles. The first kappa shape index (κ1) is 9.36. The van der Waals surface area contributed by atoms with E-state index in [2.05, 4.69) is 0 Å². The van der Waals surface area contributed by atoms with Gasteiger partial charge in [0, 0.05) is 10.1 Å². The smallest absolute Gasteiger partial charge is 0.257 e. The molecule has 0 fully saturated rings. The number of fused-ring (bicyclic) bond motifs is 1. The molecule has 0 aliphatic carbocycles. The van der Waals surface area contributed by atoms with Gasteiger partial charge in [-0.25, -0.2) is 4.39 Å². The Bertz CT molecular complexity index is 525. The lowest BCUT2D eigenvalue weighted by molar-refractivity contribution is -0.379. The largest absolute Gasteiger partial charge is 0.343 e. The molecular weight excluding hydrogens is 229 g/mol. The Hall–Kier alpha value is -1.20. The van der Waals surface area contributed by atoms with Crippen molar-refractivity contribution in [2.45, 2.75) is 0 Å². The molecule has 14 heavy (non-hydrogen) atoms. The summed E-state index contributed by atoms with van der Waals surface area (Å²) in [6.07, 6.45) is 0. The second-order valence-electron chi connectivity index (χ2n) is 2.62. The number of thiophene rings is 1. The average molecular weight is 232 g/mol. The summed E-state index contributed by atoms with van der Waals surface area (Å²) in [5.41, 5.74) is 0. The van der Waals surface area contributed by atoms with E-state index in [1.54, 1.807) is 0 Å². The van der Waals surface area contributed by atoms with Crippen LogP contribution in [0.2, 0.25) is 5.02 Å². The van der Waals surface area contributed by atoms with Gasteiger partial charge in [-0.3, -0.25) is 10.1 Å². The molecule has 6 heteroatoms. The molecule has 0 atom stereocenters. The van der Waals surface area contributed by atoms with Crippen LogP contribution in [0, 0.1) is 15.9 Å². The van der Waals surface area contributed by atoms with Crippen molar-refractivity contribution in [2.24, 2.45) is 0 Å². The third-order valence-electron chi connectivity index (χ3n) is 1.74. The number of hydrogen-bond donors (Lipinski definition) is 0. The summed E-state index contributed by atoms with van der Waals surface area (Å²) in [5.74, 6) is -0.426. The predicted octanol–water partition coefficient (Wildman–Crippen LogP) is 3.60. The van der Waals surface area contributed by atoms with Crippen molar-refractivity contribution in [3.8, 4) is 0 Å². The third kappa shape index (κ3) is 1.34. The Kier molecular flexibility index (Phi) is 2.13. The summed E-state index contributed by atoms with van der Waals surface area (Å²) in [6, 6.07) is 3.90. The summed E-state index contributed by atoms with van der Waals surface area (Å²) in [6.45, 7) is 0. The fourth-order valence-corrected chi connectivity index (χ4v) is 2.48. The van der Waals surface area contributed by atoms with Crippen molar-refractivity contribution in [1.29, 1.82) is 0 Å². The van der Waals surface area contributed by atoms with Crippen LogP contribution in [0.4, 0.5) is 9.39 Å². The average Bonchev–Trinajstić information content (AvgIpc) is 2.43. The van der Waals surface area contributed by atoms with Crippen molar-refractivity contribution >= 4 is 38.0 Å². The summed E-state index contributed by atoms with van der Waals surface area (Å²) < 4.78 is 13.3. The van der Waals surface area contributed by atoms with E-state index in [4.69, 9.17) is 11.6 Å². The van der Waals surface area contributed by atoms with Crippen LogP contribution >= 0.6 is 22.9 Å². The second-order valence-corrected chi connectivity index (χ2v) is 4.03. The van der Waals surface area contributed by atoms with Gasteiger partial charge in [0.15, 0.2) is 0 Å². The minimum atomic E-state index is -0.565. The molecule has 0 radical (unpaired) electrons. The van der Waals surface area contributed by atoms with E-state index in [9.17, 15) is 14.5 Å². The van der Waals surface area contributed by atoms with E-state index in [1.165, 1.54) is 18.2 Å². The van der Waals surface area contributed by atoms with Crippen LogP contribution < -0.4 is 0 Å². The van der Waals surface area contributed by atoms with Crippen molar-refractivity contribution in [3.63, 3.8) is 0 Å². The van der Waals surface area contributed by atoms with Crippen LogP contribution in [0.1, 0.15) is 0 Å². The maximum Gasteiger partial charge on any atom is 0.343 e. The molecule has 2 rings (SSSR count). The van der Waals surface area contributed by atoms with E-state index in [0.717, 1.165) is 11.3 Å². The van der Waals surface area contributed by atoms with Gasteiger partial charge in [-0.1, -0.05) is 22.9 Å². The molecule has 3 nitrogen and oxygen atoms in total. The van der Waals surface area contributed by atoms with Crippen molar-refractivity contribution in [2.75, 3.05) is 0 Å². The number of rotatable bonds is 1. The zero-order chi connectivity index (χ0) is 10.3. The fraction of sp³-hybridized carbons (Fsp3) is 0. The van der Waals surface area contributed by atoms with Crippen LogP contribution in [-0.4, -0.2) is 4.92 Å². The van der Waals surface area contributed by atoms with E-state index >= 15 is 0 Å². The fourth-order valence-electron chi connectivity index (χ4n) is 1.14. The van der Waals surface area contributed by atoms with Gasteiger partial charge in [0.05, 0.1) is 4.92 Å². The lowest BCUT2D eigenvalue weighted by atomic mass is 10.2. The zero-order valence-corrected chi connectivity index (χ0v) is 8.23. The minimum absolute atomic E-state index is 0.0787. The molecule has 0 saturated heterocycles. The Balaban J connectivity index is 2.79. The van der Waals surface area contributed by atoms with Gasteiger partial charge >= 0.3 is 5.00 Å². The molecule has 72 valence electrons. The number of halogens is 2. The molecule has 0 spiro atoms. The van der Waals surface area contributed by atoms with Gasteiger partial charge in [-0.15, -0.1) is 0 Å². The minimum Gasteiger partial charge on any atom is -0.257 e. The molecule has 1 heterocycles. The van der Waals surface area contributed by atoms with Gasteiger partial charge in [0.1, 0.15) is 10.8 Å². The lowest BCUT2D eigenvalue weighted by Gasteiger charge is -1.88. The molecule has 2 aromatic rings. The summed E-state index contributed by atoms with van der Waals surface area (Å²) in [5, 5.41) is 11.0. The van der Waals surface area contributed by atoms with E-state index in [0.29, 0.717) is 10.1 Å². The zero-order valence-electron chi connectivity index (χ0n) is 6.66. The van der Waals surface area contributed by atoms with Crippen LogP contribution in [0.5, 0.6) is 0 Å². The second kappa shape index (κ2) is 3.18. The van der Waals surface area contributed by atoms with E-state index in [-0.39, 0.29) is 10.0 Å². The van der Waals surface area contributed by atoms with Gasteiger partial charge in [-0.05, 0) is 18.2 Å². The molecule has 0 N–H and O–H groups in total. The van der Waals surface area contributed by atoms with E-state index in [1.807, 2.05) is 0 Å². The first-order chi connectivity index (χ1) is 6.59. The Morgan fingerprint density at radius 2 is 2.21 bits per heavy atom. The Morgan fingerprint density at radius 3 is 2.86 bits per heavy atom. The normalized spacial score (nSPS) is 10.7. The van der Waals surface area contributed by atoms with Crippen LogP contribution in [-0.2, 0) is 0 Å². The van der Waals surface area contributed by atoms with Crippen LogP contribution in [0.25, 0.3) is 10.1 Å². The highest BCUT2D eigenvalue weighted by atomic mass is 35.5. The molecule has 0 amide bonds. The molecule has 1 aromatic heterocycles. The molecule has 0 unspecified atom stereocenters. The van der Waals surface area contributed by atoms with Gasteiger partial charge in [-0.2, -0.15) is 0 Å². The van der Waals surface area contributed by atoms with Crippen LogP contribution in [0.3, 0.4) is 0 Å². The van der Waals surface area contributed by atoms with Gasteiger partial charge in [0.2, 0.25) is 0 Å². The monoisotopic (exact) mass is 231 g/mol. The number of benzene rings is 1. The van der Waals surface area contributed by atoms with Gasteiger partial charge in [0.25, 0.3) is 0 Å². The van der Waals surface area contributed by atoms with Gasteiger partial charge < -0.3 is 0 Å². The highest BCUT2D eigenvalue weighted by Crippen LogP contribution is 2.40. The third-order valence-corrected chi connectivity index (χ3v) is 3.34. The van der Waals surface area contributed by atoms with Crippen molar-refractivity contribution < 1.29 is 9.31 Å². The number of nitro groups is 1. The molecular formula is C8H3ClFNO2S. The maximum atomic E-state index is 12.8. The maximum absolute atomic E-state index is 12.8. The Morgan fingerprint density at radius 1 is 1.50 bits per heavy atom. The summed E-state index contributed by atoms with van der Waals surface area (Å²) in [4.78, 5) is 9.95. The lowest BCUT2D eigenvalue weighted by Crippen LogP contribution is -1.82. The number of nitrogens with zero attached hydrogens (tertiary/aromatic N) is 1. The van der Waals surface area contributed by atoms with E-state index < -0.39 is 10.7 Å². The summed E-state index contributed by atoms with van der Waals surface area (Å²) in [7, 11) is 0. The quantitative estimate of drug-likeness (QED) is 0.556. The molecule has 0 saturated carbocycles. The van der Waals surface area contributed by atoms with Crippen LogP contribution in [0.15, 0.2) is 18.2 Å². The molecule has 0 bridgehead atoms. The Labute approximate surface area is 86.9 Å². The highest BCUT2D eigenvalue weighted by Gasteiger charge is 2.19. The highest BCUT2D eigenvalue weighted by molar-refractivity contribution is 7.22. The first-order valence-electron chi connectivity index (χ1n) is 3.61. The topological polar surface area (TPSA) is 43.1 Å². The van der Waals surface area contributed by atoms with Crippen molar-refractivity contribution in [1.82, 2.24) is 0 Å². The predicted molar refractivity (Wildman–Crippen MR) is 53.4 cm³/mol. The standard InChI is InChI=1S/C8H3ClFNO2S/c9-7-5-2-1-4(10)3-6(5)14-8(7)11(12)13/h1-3H.